The van der Waals surface area contributed by atoms with E-state index in [0.717, 1.165) is 49.0 Å². The van der Waals surface area contributed by atoms with Gasteiger partial charge in [-0.15, -0.1) is 0 Å². The van der Waals surface area contributed by atoms with Crippen LogP contribution in [-0.2, 0) is 11.2 Å². The van der Waals surface area contributed by atoms with Crippen LogP contribution in [0.25, 0.3) is 0 Å². The summed E-state index contributed by atoms with van der Waals surface area (Å²) in [5.74, 6) is 1.55. The van der Waals surface area contributed by atoms with Crippen LogP contribution in [0.3, 0.4) is 0 Å². The average molecular weight is 517 g/mol. The zero-order valence-corrected chi connectivity index (χ0v) is 22.1. The molecule has 2 amide bonds. The van der Waals surface area contributed by atoms with Crippen LogP contribution in [0.4, 0.5) is 0 Å². The number of aryl methyl sites for hydroxylation is 1. The Morgan fingerprint density at radius 1 is 1.08 bits per heavy atom. The van der Waals surface area contributed by atoms with Crippen LogP contribution < -0.4 is 20.1 Å². The number of guanidine groups is 1. The van der Waals surface area contributed by atoms with Gasteiger partial charge in [-0.2, -0.15) is 0 Å². The highest BCUT2D eigenvalue weighted by atomic mass is 16.5. The van der Waals surface area contributed by atoms with E-state index in [2.05, 4.69) is 36.6 Å². The number of amides is 2. The Morgan fingerprint density at radius 3 is 2.71 bits per heavy atom. The maximum absolute atomic E-state index is 13.6. The number of benzene rings is 2. The normalized spacial score (nSPS) is 28.8. The topological polar surface area (TPSA) is 104 Å². The van der Waals surface area contributed by atoms with Gasteiger partial charge in [-0.1, -0.05) is 32.4 Å². The Morgan fingerprint density at radius 2 is 1.89 bits per heavy atom. The van der Waals surface area contributed by atoms with E-state index in [1.54, 1.807) is 11.0 Å². The lowest BCUT2D eigenvalue weighted by Crippen LogP contribution is -2.63. The van der Waals surface area contributed by atoms with Crippen LogP contribution >= 0.6 is 0 Å². The minimum absolute atomic E-state index is 0.0410. The van der Waals surface area contributed by atoms with E-state index in [1.807, 2.05) is 18.2 Å². The number of hydrogen-bond donors (Lipinski definition) is 3. The van der Waals surface area contributed by atoms with E-state index in [4.69, 9.17) is 14.9 Å². The molecule has 200 valence electrons. The zero-order valence-electron chi connectivity index (χ0n) is 22.1. The van der Waals surface area contributed by atoms with Gasteiger partial charge in [0.1, 0.15) is 11.5 Å². The first kappa shape index (κ1) is 24.8. The summed E-state index contributed by atoms with van der Waals surface area (Å²) in [5.41, 5.74) is 3.13. The van der Waals surface area contributed by atoms with Crippen molar-refractivity contribution in [3.8, 4) is 11.5 Å². The molecular formula is C30H36N4O4. The van der Waals surface area contributed by atoms with Crippen LogP contribution in [0.1, 0.15) is 91.5 Å². The van der Waals surface area contributed by atoms with E-state index in [9.17, 15) is 9.59 Å². The van der Waals surface area contributed by atoms with Crippen molar-refractivity contribution in [2.75, 3.05) is 13.2 Å². The molecule has 8 nitrogen and oxygen atoms in total. The van der Waals surface area contributed by atoms with Gasteiger partial charge in [0.2, 0.25) is 5.91 Å². The average Bonchev–Trinajstić information content (AvgIpc) is 2.91. The highest BCUT2D eigenvalue weighted by Gasteiger charge is 2.44. The molecule has 0 aliphatic carbocycles. The standard InChI is InChI=1S/C30H36N4O4/c1-3-30-12-5-4-6-19-7-9-25-22(14-19)27(18(2)17-38-25)32-28(36)20-8-10-24-21(15-20)23(11-13-37-24)34(26(35)16-30)29(31)33-30/h7-10,14-15,18,23,27H,3-6,11-13,16-17H2,1-2H3,(H2,31,33)(H,32,36)/t18-,23+,27-,30+/m0/s1. The van der Waals surface area contributed by atoms with E-state index < -0.39 is 5.54 Å². The molecule has 5 aliphatic rings. The molecule has 2 aromatic carbocycles. The third-order valence-corrected chi connectivity index (χ3v) is 8.79. The largest absolute Gasteiger partial charge is 0.493 e. The van der Waals surface area contributed by atoms with Gasteiger partial charge in [0.05, 0.1) is 31.7 Å². The van der Waals surface area contributed by atoms with Crippen LogP contribution in [0.15, 0.2) is 36.4 Å². The maximum Gasteiger partial charge on any atom is 0.251 e. The fraction of sp³-hybridized carbons (Fsp3) is 0.500. The smallest absolute Gasteiger partial charge is 0.251 e. The molecule has 8 heteroatoms. The summed E-state index contributed by atoms with van der Waals surface area (Å²) in [5, 5.41) is 15.6. The first-order valence-electron chi connectivity index (χ1n) is 13.9. The van der Waals surface area contributed by atoms with Crippen molar-refractivity contribution >= 4 is 17.8 Å². The van der Waals surface area contributed by atoms with Gasteiger partial charge in [-0.05, 0) is 55.5 Å². The molecule has 0 spiro atoms. The molecule has 3 N–H and O–H groups in total. The lowest BCUT2D eigenvalue weighted by Gasteiger charge is -2.46. The Labute approximate surface area is 223 Å². The molecule has 38 heavy (non-hydrogen) atoms. The second kappa shape index (κ2) is 9.64. The molecule has 7 rings (SSSR count). The van der Waals surface area contributed by atoms with Crippen LogP contribution in [0.2, 0.25) is 0 Å². The van der Waals surface area contributed by atoms with Gasteiger partial charge in [0.25, 0.3) is 5.91 Å². The fourth-order valence-corrected chi connectivity index (χ4v) is 6.50. The summed E-state index contributed by atoms with van der Waals surface area (Å²) in [7, 11) is 0. The molecular weight excluding hydrogens is 480 g/mol. The van der Waals surface area contributed by atoms with Crippen molar-refractivity contribution in [2.45, 2.75) is 76.4 Å². The third kappa shape index (κ3) is 4.29. The maximum atomic E-state index is 13.6. The van der Waals surface area contributed by atoms with Crippen LogP contribution in [-0.4, -0.2) is 41.4 Å². The lowest BCUT2D eigenvalue weighted by molar-refractivity contribution is -0.133. The Balaban J connectivity index is 1.42. The molecule has 0 unspecified atom stereocenters. The monoisotopic (exact) mass is 516 g/mol. The summed E-state index contributed by atoms with van der Waals surface area (Å²) < 4.78 is 11.9. The van der Waals surface area contributed by atoms with Crippen molar-refractivity contribution in [1.82, 2.24) is 15.5 Å². The van der Waals surface area contributed by atoms with Crippen molar-refractivity contribution < 1.29 is 19.1 Å². The van der Waals surface area contributed by atoms with Gasteiger partial charge < -0.3 is 20.1 Å². The molecule has 5 heterocycles. The fourth-order valence-electron chi connectivity index (χ4n) is 6.50. The van der Waals surface area contributed by atoms with Crippen molar-refractivity contribution in [2.24, 2.45) is 5.92 Å². The summed E-state index contributed by atoms with van der Waals surface area (Å²) in [4.78, 5) is 28.8. The van der Waals surface area contributed by atoms with Crippen molar-refractivity contribution in [3.05, 3.63) is 58.7 Å². The van der Waals surface area contributed by atoms with Crippen molar-refractivity contribution in [3.63, 3.8) is 0 Å². The number of fused-ring (bicyclic) bond motifs is 6. The zero-order chi connectivity index (χ0) is 26.4. The minimum Gasteiger partial charge on any atom is -0.493 e. The van der Waals surface area contributed by atoms with E-state index in [0.29, 0.717) is 37.4 Å². The highest BCUT2D eigenvalue weighted by molar-refractivity contribution is 6.00. The first-order chi connectivity index (χ1) is 18.4. The highest BCUT2D eigenvalue weighted by Crippen LogP contribution is 2.41. The van der Waals surface area contributed by atoms with Crippen molar-refractivity contribution in [1.29, 1.82) is 5.41 Å². The number of hydrogen-bond acceptors (Lipinski definition) is 5. The van der Waals surface area contributed by atoms with Crippen LogP contribution in [0.5, 0.6) is 11.5 Å². The summed E-state index contributed by atoms with van der Waals surface area (Å²) >= 11 is 0. The second-order valence-electron chi connectivity index (χ2n) is 11.3. The molecule has 5 aliphatic heterocycles. The van der Waals surface area contributed by atoms with E-state index in [-0.39, 0.29) is 35.8 Å². The van der Waals surface area contributed by atoms with Gasteiger partial charge in [0.15, 0.2) is 5.96 Å². The quantitative estimate of drug-likeness (QED) is 0.512. The predicted molar refractivity (Wildman–Crippen MR) is 144 cm³/mol. The van der Waals surface area contributed by atoms with E-state index in [1.165, 1.54) is 5.56 Å². The number of carbonyl (C=O) groups excluding carboxylic acids is 2. The van der Waals surface area contributed by atoms with Gasteiger partial charge >= 0.3 is 0 Å². The minimum atomic E-state index is -0.407. The number of carbonyl (C=O) groups is 2. The predicted octanol–water partition coefficient (Wildman–Crippen LogP) is 4.64. The summed E-state index contributed by atoms with van der Waals surface area (Å²) in [6, 6.07) is 11.2. The molecule has 1 saturated heterocycles. The Hall–Kier alpha value is -3.55. The molecule has 0 saturated carbocycles. The summed E-state index contributed by atoms with van der Waals surface area (Å²) in [6.07, 6.45) is 5.38. The molecule has 0 aromatic heterocycles. The second-order valence-corrected chi connectivity index (χ2v) is 11.3. The molecule has 4 atom stereocenters. The number of nitrogens with one attached hydrogen (secondary N) is 3. The third-order valence-electron chi connectivity index (χ3n) is 8.79. The number of nitrogens with zero attached hydrogens (tertiary/aromatic N) is 1. The Kier molecular flexibility index (Phi) is 6.28. The van der Waals surface area contributed by atoms with Gasteiger partial charge in [-0.25, -0.2) is 0 Å². The number of ether oxygens (including phenoxy) is 2. The van der Waals surface area contributed by atoms with Crippen LogP contribution in [0, 0.1) is 11.3 Å². The molecule has 0 radical (unpaired) electrons. The molecule has 6 bridgehead atoms. The van der Waals surface area contributed by atoms with Gasteiger partial charge in [-0.3, -0.25) is 19.9 Å². The summed E-state index contributed by atoms with van der Waals surface area (Å²) in [6.45, 7) is 5.19. The first-order valence-corrected chi connectivity index (χ1v) is 13.9. The van der Waals surface area contributed by atoms with E-state index >= 15 is 0 Å². The molecule has 2 aromatic rings. The van der Waals surface area contributed by atoms with Gasteiger partial charge in [0, 0.05) is 34.6 Å². The number of rotatable bonds is 1. The SMILES string of the molecule is CC[C@]12CCCCc3ccc4c(c3)[C@@H](NC(=O)c3ccc5c(c3)[C@@H](CCO5)N(C(=N)N1)C(=O)C2)[C@@H](C)CO4. The Bertz CT molecular complexity index is 1270. The molecule has 1 fully saturated rings. The lowest BCUT2D eigenvalue weighted by atomic mass is 9.83.